The van der Waals surface area contributed by atoms with Gasteiger partial charge in [-0.15, -0.1) is 0 Å². The minimum absolute atomic E-state index is 0.491. The van der Waals surface area contributed by atoms with Crippen LogP contribution in [0.2, 0.25) is 0 Å². The van der Waals surface area contributed by atoms with Gasteiger partial charge in [0.25, 0.3) is 0 Å². The maximum atomic E-state index is 6.56. The molecular formula is C50H54O10. The van der Waals surface area contributed by atoms with E-state index in [2.05, 4.69) is 24.3 Å². The molecule has 0 aliphatic carbocycles. The van der Waals surface area contributed by atoms with Crippen molar-refractivity contribution in [3.8, 4) is 69.0 Å². The molecule has 0 unspecified atom stereocenters. The lowest BCUT2D eigenvalue weighted by Gasteiger charge is -2.18. The second kappa shape index (κ2) is 20.8. The Morgan fingerprint density at radius 3 is 0.933 bits per heavy atom. The number of methoxy groups -OCH3 is 8. The Bertz CT molecular complexity index is 2190. The third-order valence-electron chi connectivity index (χ3n) is 10.2. The second-order valence-corrected chi connectivity index (χ2v) is 14.1. The van der Waals surface area contributed by atoms with Crippen LogP contribution in [0, 0.1) is 0 Å². The Morgan fingerprint density at radius 2 is 0.583 bits per heavy atom. The Labute approximate surface area is 353 Å². The summed E-state index contributed by atoms with van der Waals surface area (Å²) in [7, 11) is 13.1. The zero-order valence-electron chi connectivity index (χ0n) is 35.7. The molecule has 314 valence electrons. The summed E-state index contributed by atoms with van der Waals surface area (Å²) in [6.07, 6.45) is 4.49. The lowest BCUT2D eigenvalue weighted by Crippen LogP contribution is -2.01. The molecule has 60 heavy (non-hydrogen) atoms. The summed E-state index contributed by atoms with van der Waals surface area (Å²) in [6.45, 7) is 0. The quantitative estimate of drug-likeness (QED) is 0.0699. The molecule has 0 fully saturated rings. The molecule has 0 amide bonds. The number of benzene rings is 6. The van der Waals surface area contributed by atoms with E-state index in [1.807, 2.05) is 84.9 Å². The molecule has 0 aromatic heterocycles. The molecule has 0 spiro atoms. The van der Waals surface area contributed by atoms with E-state index in [4.69, 9.17) is 47.4 Å². The van der Waals surface area contributed by atoms with Gasteiger partial charge in [-0.1, -0.05) is 24.3 Å². The summed E-state index contributed by atoms with van der Waals surface area (Å²) in [5, 5.41) is 0. The summed E-state index contributed by atoms with van der Waals surface area (Å²) in [5.74, 6) is 7.45. The van der Waals surface area contributed by atoms with Gasteiger partial charge in [0.05, 0.1) is 56.9 Å². The van der Waals surface area contributed by atoms with Crippen LogP contribution in [0.3, 0.4) is 0 Å². The lowest BCUT2D eigenvalue weighted by atomic mass is 10.0. The van der Waals surface area contributed by atoms with Crippen LogP contribution in [-0.2, 0) is 38.5 Å². The van der Waals surface area contributed by atoms with Crippen LogP contribution < -0.4 is 47.4 Å². The highest BCUT2D eigenvalue weighted by atomic mass is 16.5. The molecule has 0 N–H and O–H groups in total. The van der Waals surface area contributed by atoms with Crippen molar-refractivity contribution in [2.24, 2.45) is 0 Å². The Hall–Kier alpha value is -6.68. The number of hydrogen-bond acceptors (Lipinski definition) is 10. The van der Waals surface area contributed by atoms with E-state index in [0.717, 1.165) is 59.4 Å². The van der Waals surface area contributed by atoms with Crippen molar-refractivity contribution in [3.05, 3.63) is 143 Å². The van der Waals surface area contributed by atoms with Gasteiger partial charge in [-0.3, -0.25) is 0 Å². The average Bonchev–Trinajstić information content (AvgIpc) is 3.28. The van der Waals surface area contributed by atoms with Crippen LogP contribution in [0.5, 0.6) is 69.0 Å². The normalized spacial score (nSPS) is 10.7. The molecule has 0 heterocycles. The van der Waals surface area contributed by atoms with Crippen molar-refractivity contribution in [2.45, 2.75) is 38.5 Å². The summed E-state index contributed by atoms with van der Waals surface area (Å²) in [5.41, 5.74) is 6.46. The van der Waals surface area contributed by atoms with Crippen molar-refractivity contribution in [3.63, 3.8) is 0 Å². The zero-order valence-corrected chi connectivity index (χ0v) is 35.7. The van der Waals surface area contributed by atoms with Crippen LogP contribution in [0.15, 0.2) is 109 Å². The molecule has 0 saturated heterocycles. The average molecular weight is 815 g/mol. The number of aryl methyl sites for hydroxylation is 6. The fourth-order valence-corrected chi connectivity index (χ4v) is 7.09. The SMILES string of the molecule is COc1cccc(CCc2cc(OC)cc(Oc3cc(CCc4cc(OC)c(OC)c(Oc5cc(CCc6cccc(OC)c6)cc(OC)c5)c4)cc(OC)c3OC)c2)c1. The largest absolute Gasteiger partial charge is 0.497 e. The van der Waals surface area contributed by atoms with Crippen LogP contribution in [0.1, 0.15) is 33.4 Å². The number of ether oxygens (including phenoxy) is 10. The topological polar surface area (TPSA) is 92.3 Å². The van der Waals surface area contributed by atoms with Crippen LogP contribution in [0.4, 0.5) is 0 Å². The van der Waals surface area contributed by atoms with Gasteiger partial charge in [0.1, 0.15) is 34.5 Å². The molecule has 0 aliphatic heterocycles. The van der Waals surface area contributed by atoms with Gasteiger partial charge in [0.2, 0.25) is 11.5 Å². The third-order valence-corrected chi connectivity index (χ3v) is 10.2. The number of hydrogen-bond donors (Lipinski definition) is 0. The highest BCUT2D eigenvalue weighted by Gasteiger charge is 2.19. The van der Waals surface area contributed by atoms with Gasteiger partial charge in [0, 0.05) is 12.1 Å². The van der Waals surface area contributed by atoms with E-state index in [1.54, 1.807) is 56.9 Å². The highest BCUT2D eigenvalue weighted by molar-refractivity contribution is 5.58. The van der Waals surface area contributed by atoms with Crippen molar-refractivity contribution < 1.29 is 47.4 Å². The van der Waals surface area contributed by atoms with Crippen LogP contribution in [-0.4, -0.2) is 56.9 Å². The Morgan fingerprint density at radius 1 is 0.267 bits per heavy atom. The molecule has 0 aliphatic rings. The van der Waals surface area contributed by atoms with E-state index in [1.165, 1.54) is 11.1 Å². The first-order valence-corrected chi connectivity index (χ1v) is 19.8. The lowest BCUT2D eigenvalue weighted by molar-refractivity contribution is 0.334. The summed E-state index contributed by atoms with van der Waals surface area (Å²) in [6, 6.07) is 36.0. The van der Waals surface area contributed by atoms with Gasteiger partial charge < -0.3 is 47.4 Å². The number of rotatable bonds is 21. The van der Waals surface area contributed by atoms with E-state index < -0.39 is 0 Å². The third kappa shape index (κ3) is 11.1. The second-order valence-electron chi connectivity index (χ2n) is 14.1. The molecule has 6 rings (SSSR count). The van der Waals surface area contributed by atoms with Gasteiger partial charge >= 0.3 is 0 Å². The Kier molecular flexibility index (Phi) is 14.9. The summed E-state index contributed by atoms with van der Waals surface area (Å²) in [4.78, 5) is 0. The van der Waals surface area contributed by atoms with E-state index in [9.17, 15) is 0 Å². The molecular weight excluding hydrogens is 761 g/mol. The molecule has 6 aromatic carbocycles. The zero-order chi connectivity index (χ0) is 42.4. The molecule has 0 radical (unpaired) electrons. The van der Waals surface area contributed by atoms with E-state index in [-0.39, 0.29) is 0 Å². The van der Waals surface area contributed by atoms with Crippen molar-refractivity contribution >= 4 is 0 Å². The van der Waals surface area contributed by atoms with Gasteiger partial charge in [0.15, 0.2) is 23.0 Å². The monoisotopic (exact) mass is 814 g/mol. The van der Waals surface area contributed by atoms with Gasteiger partial charge in [-0.05, 0) is 145 Å². The summed E-state index contributed by atoms with van der Waals surface area (Å²) < 4.78 is 58.5. The molecule has 10 nitrogen and oxygen atoms in total. The molecule has 0 atom stereocenters. The van der Waals surface area contributed by atoms with Crippen molar-refractivity contribution in [1.82, 2.24) is 0 Å². The van der Waals surface area contributed by atoms with Crippen molar-refractivity contribution in [2.75, 3.05) is 56.9 Å². The first-order valence-electron chi connectivity index (χ1n) is 19.8. The minimum atomic E-state index is 0.491. The van der Waals surface area contributed by atoms with Gasteiger partial charge in [-0.25, -0.2) is 0 Å². The Balaban J connectivity index is 1.22. The smallest absolute Gasteiger partial charge is 0.203 e. The first-order chi connectivity index (χ1) is 29.3. The predicted molar refractivity (Wildman–Crippen MR) is 233 cm³/mol. The maximum absolute atomic E-state index is 6.56. The summed E-state index contributed by atoms with van der Waals surface area (Å²) >= 11 is 0. The van der Waals surface area contributed by atoms with Crippen LogP contribution in [0.25, 0.3) is 0 Å². The van der Waals surface area contributed by atoms with Crippen LogP contribution >= 0.6 is 0 Å². The van der Waals surface area contributed by atoms with Gasteiger partial charge in [-0.2, -0.15) is 0 Å². The predicted octanol–water partition coefficient (Wildman–Crippen LogP) is 10.7. The minimum Gasteiger partial charge on any atom is -0.497 e. The molecule has 0 saturated carbocycles. The van der Waals surface area contributed by atoms with E-state index >= 15 is 0 Å². The standard InChI is InChI=1S/C50H54O10/c1-51-39-13-9-11-33(21-39)15-17-35-23-41(53-3)31-43(25-35)59-47-29-37(27-45(55-5)49(47)57-7)19-20-38-28-46(56-6)50(58-8)48(30-38)60-44-26-36(24-42(32-44)54-4)18-16-34-12-10-14-40(22-34)52-2/h9-14,21-32H,15-20H2,1-8H3. The fourth-order valence-electron chi connectivity index (χ4n) is 7.09. The highest BCUT2D eigenvalue weighted by Crippen LogP contribution is 2.44. The molecule has 6 aromatic rings. The molecule has 10 heteroatoms. The maximum Gasteiger partial charge on any atom is 0.203 e. The van der Waals surface area contributed by atoms with Crippen molar-refractivity contribution in [1.29, 1.82) is 0 Å². The fraction of sp³-hybridized carbons (Fsp3) is 0.280. The first kappa shape index (κ1) is 42.9. The molecule has 0 bridgehead atoms. The van der Waals surface area contributed by atoms with E-state index in [0.29, 0.717) is 70.3 Å².